The first kappa shape index (κ1) is 15.3. The number of amides is 1. The Kier molecular flexibility index (Phi) is 4.71. The highest BCUT2D eigenvalue weighted by Gasteiger charge is 2.47. The second kappa shape index (κ2) is 6.15. The molecule has 4 heteroatoms. The Morgan fingerprint density at radius 1 is 1.30 bits per heavy atom. The maximum Gasteiger partial charge on any atom is 0.233 e. The molecule has 1 amide bonds. The number of halogens is 1. The van der Waals surface area contributed by atoms with E-state index in [0.29, 0.717) is 11.9 Å². The molecule has 1 heterocycles. The summed E-state index contributed by atoms with van der Waals surface area (Å²) < 4.78 is 0. The average Bonchev–Trinajstić information content (AvgIpc) is 2.91. The van der Waals surface area contributed by atoms with Crippen LogP contribution in [0.3, 0.4) is 0 Å². The van der Waals surface area contributed by atoms with Crippen molar-refractivity contribution in [3.63, 3.8) is 0 Å². The molecule has 1 saturated heterocycles. The van der Waals surface area contributed by atoms with Crippen LogP contribution in [0, 0.1) is 0 Å². The third kappa shape index (κ3) is 2.45. The molecule has 2 aliphatic rings. The smallest absolute Gasteiger partial charge is 0.233 e. The second-order valence-electron chi connectivity index (χ2n) is 5.86. The van der Waals surface area contributed by atoms with Crippen LogP contribution in [0.4, 0.5) is 0 Å². The Balaban J connectivity index is 0.00000147. The Hall–Kier alpha value is -1.06. The van der Waals surface area contributed by atoms with Crippen molar-refractivity contribution < 1.29 is 4.79 Å². The molecule has 110 valence electrons. The molecule has 20 heavy (non-hydrogen) atoms. The molecule has 1 atom stereocenters. The van der Waals surface area contributed by atoms with Crippen LogP contribution in [-0.4, -0.2) is 37.0 Å². The van der Waals surface area contributed by atoms with Crippen molar-refractivity contribution >= 4 is 18.3 Å². The molecule has 0 aromatic heterocycles. The van der Waals surface area contributed by atoms with Crippen molar-refractivity contribution in [3.05, 3.63) is 35.9 Å². The average molecular weight is 295 g/mol. The van der Waals surface area contributed by atoms with Crippen LogP contribution in [0.2, 0.25) is 0 Å². The van der Waals surface area contributed by atoms with Crippen molar-refractivity contribution in [1.29, 1.82) is 0 Å². The van der Waals surface area contributed by atoms with Crippen LogP contribution < -0.4 is 5.32 Å². The monoisotopic (exact) mass is 294 g/mol. The summed E-state index contributed by atoms with van der Waals surface area (Å²) in [5.41, 5.74) is 0.961. The van der Waals surface area contributed by atoms with Gasteiger partial charge in [0.05, 0.1) is 5.41 Å². The molecule has 1 aromatic carbocycles. The first-order valence-corrected chi connectivity index (χ1v) is 7.27. The van der Waals surface area contributed by atoms with Crippen molar-refractivity contribution in [1.82, 2.24) is 10.2 Å². The summed E-state index contributed by atoms with van der Waals surface area (Å²) in [6.07, 6.45) is 4.24. The van der Waals surface area contributed by atoms with Gasteiger partial charge in [-0.2, -0.15) is 0 Å². The molecule has 2 fully saturated rings. The molecule has 1 aliphatic carbocycles. The summed E-state index contributed by atoms with van der Waals surface area (Å²) in [5.74, 6) is 0.318. The Morgan fingerprint density at radius 2 is 2.00 bits per heavy atom. The van der Waals surface area contributed by atoms with Gasteiger partial charge in [-0.1, -0.05) is 36.8 Å². The maximum atomic E-state index is 12.9. The van der Waals surface area contributed by atoms with E-state index in [4.69, 9.17) is 0 Å². The number of nitrogens with zero attached hydrogens (tertiary/aromatic N) is 1. The minimum Gasteiger partial charge on any atom is -0.341 e. The number of rotatable bonds is 3. The van der Waals surface area contributed by atoms with Gasteiger partial charge in [0.25, 0.3) is 0 Å². The van der Waals surface area contributed by atoms with Gasteiger partial charge in [0.1, 0.15) is 0 Å². The van der Waals surface area contributed by atoms with E-state index in [1.165, 1.54) is 5.56 Å². The van der Waals surface area contributed by atoms with Gasteiger partial charge in [-0.15, -0.1) is 12.4 Å². The van der Waals surface area contributed by atoms with Gasteiger partial charge in [-0.05, 0) is 31.4 Å². The lowest BCUT2D eigenvalue weighted by Gasteiger charge is -2.44. The van der Waals surface area contributed by atoms with Gasteiger partial charge in [-0.25, -0.2) is 0 Å². The SMILES string of the molecule is CN(C(=O)C1(c2ccccc2)CCC1)C1CCNC1.Cl. The second-order valence-corrected chi connectivity index (χ2v) is 5.86. The van der Waals surface area contributed by atoms with Crippen molar-refractivity contribution in [2.75, 3.05) is 20.1 Å². The zero-order valence-corrected chi connectivity index (χ0v) is 12.8. The highest BCUT2D eigenvalue weighted by atomic mass is 35.5. The van der Waals surface area contributed by atoms with E-state index in [2.05, 4.69) is 17.4 Å². The fourth-order valence-corrected chi connectivity index (χ4v) is 3.39. The van der Waals surface area contributed by atoms with E-state index >= 15 is 0 Å². The lowest BCUT2D eigenvalue weighted by molar-refractivity contribution is -0.141. The lowest BCUT2D eigenvalue weighted by Crippen LogP contribution is -2.53. The predicted octanol–water partition coefficient (Wildman–Crippen LogP) is 2.35. The number of hydrogen-bond donors (Lipinski definition) is 1. The zero-order valence-electron chi connectivity index (χ0n) is 12.0. The van der Waals surface area contributed by atoms with Crippen molar-refractivity contribution in [3.8, 4) is 0 Å². The summed E-state index contributed by atoms with van der Waals surface area (Å²) in [7, 11) is 1.98. The third-order valence-corrected chi connectivity index (χ3v) is 4.85. The molecule has 3 rings (SSSR count). The van der Waals surface area contributed by atoms with Crippen molar-refractivity contribution in [2.45, 2.75) is 37.1 Å². The van der Waals surface area contributed by atoms with Crippen LogP contribution in [0.25, 0.3) is 0 Å². The van der Waals surface area contributed by atoms with Gasteiger partial charge in [0.15, 0.2) is 0 Å². The highest BCUT2D eigenvalue weighted by Crippen LogP contribution is 2.45. The molecule has 3 nitrogen and oxygen atoms in total. The van der Waals surface area contributed by atoms with E-state index in [9.17, 15) is 4.79 Å². The van der Waals surface area contributed by atoms with Crippen LogP contribution in [0.1, 0.15) is 31.2 Å². The first-order valence-electron chi connectivity index (χ1n) is 7.27. The van der Waals surface area contributed by atoms with E-state index in [1.807, 2.05) is 30.1 Å². The number of hydrogen-bond acceptors (Lipinski definition) is 2. The fourth-order valence-electron chi connectivity index (χ4n) is 3.39. The van der Waals surface area contributed by atoms with Crippen LogP contribution in [0.15, 0.2) is 30.3 Å². The topological polar surface area (TPSA) is 32.3 Å². The molecular formula is C16H23ClN2O. The molecule has 1 N–H and O–H groups in total. The standard InChI is InChI=1S/C16H22N2O.ClH/c1-18(14-8-11-17-12-14)15(19)16(9-5-10-16)13-6-3-2-4-7-13;/h2-4,6-7,14,17H,5,8-12H2,1H3;1H. The molecular weight excluding hydrogens is 272 g/mol. The van der Waals surface area contributed by atoms with Crippen LogP contribution in [-0.2, 0) is 10.2 Å². The van der Waals surface area contributed by atoms with E-state index in [-0.39, 0.29) is 17.8 Å². The van der Waals surface area contributed by atoms with E-state index < -0.39 is 0 Å². The fraction of sp³-hybridized carbons (Fsp3) is 0.562. The summed E-state index contributed by atoms with van der Waals surface area (Å²) in [4.78, 5) is 14.9. The highest BCUT2D eigenvalue weighted by molar-refractivity contribution is 5.89. The van der Waals surface area contributed by atoms with Crippen LogP contribution in [0.5, 0.6) is 0 Å². The number of carbonyl (C=O) groups is 1. The summed E-state index contributed by atoms with van der Waals surface area (Å²) in [6, 6.07) is 10.7. The van der Waals surface area contributed by atoms with Gasteiger partial charge in [-0.3, -0.25) is 4.79 Å². The molecule has 1 unspecified atom stereocenters. The molecule has 0 spiro atoms. The third-order valence-electron chi connectivity index (χ3n) is 4.85. The Morgan fingerprint density at radius 3 is 2.50 bits per heavy atom. The number of nitrogens with one attached hydrogen (secondary N) is 1. The van der Waals surface area contributed by atoms with Gasteiger partial charge < -0.3 is 10.2 Å². The minimum absolute atomic E-state index is 0. The molecule has 0 bridgehead atoms. The lowest BCUT2D eigenvalue weighted by atomic mass is 9.63. The normalized spacial score (nSPS) is 23.6. The quantitative estimate of drug-likeness (QED) is 0.928. The minimum atomic E-state index is -0.237. The number of carbonyl (C=O) groups excluding carboxylic acids is 1. The van der Waals surface area contributed by atoms with E-state index in [0.717, 1.165) is 38.8 Å². The van der Waals surface area contributed by atoms with Gasteiger partial charge >= 0.3 is 0 Å². The number of benzene rings is 1. The largest absolute Gasteiger partial charge is 0.341 e. The molecule has 1 aliphatic heterocycles. The van der Waals surface area contributed by atoms with E-state index in [1.54, 1.807) is 0 Å². The molecule has 0 radical (unpaired) electrons. The Labute approximate surface area is 127 Å². The van der Waals surface area contributed by atoms with Crippen LogP contribution >= 0.6 is 12.4 Å². The number of likely N-dealkylation sites (N-methyl/N-ethyl adjacent to an activating group) is 1. The molecule has 1 aromatic rings. The summed E-state index contributed by atoms with van der Waals surface area (Å²) in [5, 5.41) is 3.34. The maximum absolute atomic E-state index is 12.9. The first-order chi connectivity index (χ1) is 9.24. The summed E-state index contributed by atoms with van der Waals surface area (Å²) >= 11 is 0. The van der Waals surface area contributed by atoms with Gasteiger partial charge in [0, 0.05) is 19.6 Å². The summed E-state index contributed by atoms with van der Waals surface area (Å²) in [6.45, 7) is 1.97. The van der Waals surface area contributed by atoms with Gasteiger partial charge in [0.2, 0.25) is 5.91 Å². The zero-order chi connectivity index (χ0) is 13.3. The molecule has 1 saturated carbocycles. The van der Waals surface area contributed by atoms with Crippen molar-refractivity contribution in [2.24, 2.45) is 0 Å². The predicted molar refractivity (Wildman–Crippen MR) is 83.3 cm³/mol. The Bertz CT molecular complexity index is 453.